The lowest BCUT2D eigenvalue weighted by Crippen LogP contribution is -2.07. The van der Waals surface area contributed by atoms with E-state index in [2.05, 4.69) is 0 Å². The van der Waals surface area contributed by atoms with Crippen LogP contribution in [-0.4, -0.2) is 31.2 Å². The van der Waals surface area contributed by atoms with Crippen molar-refractivity contribution < 1.29 is 14.6 Å². The minimum Gasteiger partial charge on any atom is -0.382 e. The number of unbranched alkanes of at least 4 members (excludes halogenated alkanes) is 1. The Hall–Kier alpha value is -0.120. The second kappa shape index (κ2) is 7.98. The van der Waals surface area contributed by atoms with Crippen molar-refractivity contribution in [3.8, 4) is 0 Å². The van der Waals surface area contributed by atoms with Gasteiger partial charge in [0.05, 0.1) is 0 Å². The summed E-state index contributed by atoms with van der Waals surface area (Å²) in [6.07, 6.45) is 1.31. The number of hydrogen-bond donors (Lipinski definition) is 1. The van der Waals surface area contributed by atoms with Gasteiger partial charge in [0, 0.05) is 19.8 Å². The maximum absolute atomic E-state index is 8.70. The molecule has 0 spiro atoms. The lowest BCUT2D eigenvalue weighted by atomic mass is 10.3. The predicted octanol–water partition coefficient (Wildman–Crippen LogP) is 1.16. The zero-order chi connectivity index (χ0) is 8.53. The SMILES string of the molecule is CCOCCCCOC(C)O. The normalized spacial score (nSPS) is 13.4. The fourth-order valence-corrected chi connectivity index (χ4v) is 0.704. The van der Waals surface area contributed by atoms with Crippen LogP contribution in [0, 0.1) is 0 Å². The minimum absolute atomic E-state index is 0.616. The first-order valence-electron chi connectivity index (χ1n) is 4.14. The van der Waals surface area contributed by atoms with Gasteiger partial charge in [-0.2, -0.15) is 0 Å². The van der Waals surface area contributed by atoms with E-state index in [4.69, 9.17) is 14.6 Å². The van der Waals surface area contributed by atoms with Gasteiger partial charge in [0.1, 0.15) is 0 Å². The van der Waals surface area contributed by atoms with E-state index in [9.17, 15) is 0 Å². The number of ether oxygens (including phenoxy) is 2. The molecule has 0 saturated carbocycles. The molecule has 0 aliphatic carbocycles. The molecule has 3 heteroatoms. The molecule has 0 rings (SSSR count). The Kier molecular flexibility index (Phi) is 7.89. The topological polar surface area (TPSA) is 38.7 Å². The van der Waals surface area contributed by atoms with Crippen LogP contribution in [0.2, 0.25) is 0 Å². The van der Waals surface area contributed by atoms with Crippen LogP contribution >= 0.6 is 0 Å². The maximum Gasteiger partial charge on any atom is 0.151 e. The van der Waals surface area contributed by atoms with Gasteiger partial charge in [0.15, 0.2) is 6.29 Å². The summed E-state index contributed by atoms with van der Waals surface area (Å²) < 4.78 is 10.0. The van der Waals surface area contributed by atoms with Crippen molar-refractivity contribution in [2.75, 3.05) is 19.8 Å². The molecule has 0 aliphatic rings. The van der Waals surface area contributed by atoms with Crippen molar-refractivity contribution in [3.05, 3.63) is 0 Å². The molecule has 0 amide bonds. The molecule has 0 fully saturated rings. The standard InChI is InChI=1S/C8H18O3/c1-3-10-6-4-5-7-11-8(2)9/h8-9H,3-7H2,1-2H3. The highest BCUT2D eigenvalue weighted by atomic mass is 16.6. The molecule has 0 bridgehead atoms. The molecule has 0 heterocycles. The number of aliphatic hydroxyl groups is 1. The fraction of sp³-hybridized carbons (Fsp3) is 1.00. The highest BCUT2D eigenvalue weighted by Gasteiger charge is 1.93. The first-order chi connectivity index (χ1) is 5.27. The first kappa shape index (κ1) is 10.9. The van der Waals surface area contributed by atoms with Crippen LogP contribution in [0.1, 0.15) is 26.7 Å². The summed E-state index contributed by atoms with van der Waals surface area (Å²) in [4.78, 5) is 0. The summed E-state index contributed by atoms with van der Waals surface area (Å²) in [6, 6.07) is 0. The second-order valence-corrected chi connectivity index (χ2v) is 2.37. The Morgan fingerprint density at radius 2 is 1.91 bits per heavy atom. The van der Waals surface area contributed by atoms with E-state index in [-0.39, 0.29) is 0 Å². The Morgan fingerprint density at radius 3 is 2.45 bits per heavy atom. The highest BCUT2D eigenvalue weighted by molar-refractivity contribution is 4.37. The van der Waals surface area contributed by atoms with Crippen molar-refractivity contribution in [1.82, 2.24) is 0 Å². The third kappa shape index (κ3) is 9.88. The van der Waals surface area contributed by atoms with Gasteiger partial charge >= 0.3 is 0 Å². The number of aliphatic hydroxyl groups excluding tert-OH is 1. The Bertz CT molecular complexity index is 73.7. The van der Waals surface area contributed by atoms with Crippen LogP contribution in [0.4, 0.5) is 0 Å². The molecule has 1 N–H and O–H groups in total. The average Bonchev–Trinajstić information content (AvgIpc) is 1.96. The van der Waals surface area contributed by atoms with Gasteiger partial charge in [-0.15, -0.1) is 0 Å². The van der Waals surface area contributed by atoms with Gasteiger partial charge < -0.3 is 14.6 Å². The van der Waals surface area contributed by atoms with E-state index in [1.807, 2.05) is 6.92 Å². The molecular formula is C8H18O3. The molecule has 0 aliphatic heterocycles. The summed E-state index contributed by atoms with van der Waals surface area (Å²) in [5, 5.41) is 8.70. The smallest absolute Gasteiger partial charge is 0.151 e. The Morgan fingerprint density at radius 1 is 1.27 bits per heavy atom. The van der Waals surface area contributed by atoms with E-state index >= 15 is 0 Å². The molecule has 1 unspecified atom stereocenters. The van der Waals surface area contributed by atoms with Gasteiger partial charge in [-0.3, -0.25) is 0 Å². The van der Waals surface area contributed by atoms with E-state index in [0.29, 0.717) is 6.61 Å². The lowest BCUT2D eigenvalue weighted by Gasteiger charge is -2.05. The largest absolute Gasteiger partial charge is 0.382 e. The van der Waals surface area contributed by atoms with Crippen molar-refractivity contribution in [2.45, 2.75) is 33.0 Å². The third-order valence-electron chi connectivity index (χ3n) is 1.25. The lowest BCUT2D eigenvalue weighted by molar-refractivity contribution is -0.0866. The molecule has 3 nitrogen and oxygen atoms in total. The van der Waals surface area contributed by atoms with Crippen molar-refractivity contribution >= 4 is 0 Å². The van der Waals surface area contributed by atoms with Crippen molar-refractivity contribution in [2.24, 2.45) is 0 Å². The van der Waals surface area contributed by atoms with Gasteiger partial charge in [-0.1, -0.05) is 0 Å². The molecule has 11 heavy (non-hydrogen) atoms. The van der Waals surface area contributed by atoms with E-state index in [0.717, 1.165) is 26.1 Å². The van der Waals surface area contributed by atoms with Crippen molar-refractivity contribution in [1.29, 1.82) is 0 Å². The van der Waals surface area contributed by atoms with Crippen molar-refractivity contribution in [3.63, 3.8) is 0 Å². The summed E-state index contributed by atoms with van der Waals surface area (Å²) in [7, 11) is 0. The molecule has 0 aromatic carbocycles. The van der Waals surface area contributed by atoms with Crippen LogP contribution in [-0.2, 0) is 9.47 Å². The molecule has 68 valence electrons. The quantitative estimate of drug-likeness (QED) is 0.451. The third-order valence-corrected chi connectivity index (χ3v) is 1.25. The maximum atomic E-state index is 8.70. The molecule has 0 saturated heterocycles. The highest BCUT2D eigenvalue weighted by Crippen LogP contribution is 1.93. The van der Waals surface area contributed by atoms with E-state index < -0.39 is 6.29 Å². The van der Waals surface area contributed by atoms with Crippen LogP contribution in [0.5, 0.6) is 0 Å². The van der Waals surface area contributed by atoms with Gasteiger partial charge in [0.25, 0.3) is 0 Å². The summed E-state index contributed by atoms with van der Waals surface area (Å²) >= 11 is 0. The Balaban J connectivity index is 2.80. The van der Waals surface area contributed by atoms with E-state index in [1.54, 1.807) is 6.92 Å². The predicted molar refractivity (Wildman–Crippen MR) is 43.4 cm³/mol. The van der Waals surface area contributed by atoms with Gasteiger partial charge in [0.2, 0.25) is 0 Å². The molecule has 1 atom stereocenters. The summed E-state index contributed by atoms with van der Waals surface area (Å²) in [6.45, 7) is 5.77. The monoisotopic (exact) mass is 162 g/mol. The molecule has 0 radical (unpaired) electrons. The average molecular weight is 162 g/mol. The van der Waals surface area contributed by atoms with Crippen LogP contribution in [0.3, 0.4) is 0 Å². The summed E-state index contributed by atoms with van der Waals surface area (Å²) in [5.41, 5.74) is 0. The molecule has 0 aromatic rings. The van der Waals surface area contributed by atoms with E-state index in [1.165, 1.54) is 0 Å². The number of rotatable bonds is 7. The van der Waals surface area contributed by atoms with Crippen LogP contribution < -0.4 is 0 Å². The zero-order valence-corrected chi connectivity index (χ0v) is 7.38. The molecule has 0 aromatic heterocycles. The van der Waals surface area contributed by atoms with Crippen LogP contribution in [0.15, 0.2) is 0 Å². The summed E-state index contributed by atoms with van der Waals surface area (Å²) in [5.74, 6) is 0. The van der Waals surface area contributed by atoms with Crippen LogP contribution in [0.25, 0.3) is 0 Å². The fourth-order valence-electron chi connectivity index (χ4n) is 0.704. The van der Waals surface area contributed by atoms with Gasteiger partial charge in [-0.05, 0) is 26.7 Å². The zero-order valence-electron chi connectivity index (χ0n) is 7.38. The number of hydrogen-bond acceptors (Lipinski definition) is 3. The minimum atomic E-state index is -0.637. The van der Waals surface area contributed by atoms with Gasteiger partial charge in [-0.25, -0.2) is 0 Å². The Labute approximate surface area is 68.3 Å². The molecular weight excluding hydrogens is 144 g/mol. The first-order valence-corrected chi connectivity index (χ1v) is 4.14. The second-order valence-electron chi connectivity index (χ2n) is 2.37.